The molecule has 2 aromatic rings. The molecule has 0 atom stereocenters. The summed E-state index contributed by atoms with van der Waals surface area (Å²) in [7, 11) is -1.76. The summed E-state index contributed by atoms with van der Waals surface area (Å²) >= 11 is 1.65. The van der Waals surface area contributed by atoms with E-state index in [9.17, 15) is 13.2 Å². The molecule has 0 N–H and O–H groups in total. The molecule has 8 heteroatoms. The maximum atomic E-state index is 12.7. The second kappa shape index (κ2) is 7.09. The molecule has 0 bridgehead atoms. The molecule has 1 aromatic carbocycles. The number of sulfonamides is 1. The number of amides is 1. The van der Waals surface area contributed by atoms with Crippen molar-refractivity contribution in [3.05, 3.63) is 52.2 Å². The fourth-order valence-corrected chi connectivity index (χ4v) is 5.67. The molecule has 0 saturated carbocycles. The van der Waals surface area contributed by atoms with Gasteiger partial charge < -0.3 is 9.80 Å². The van der Waals surface area contributed by atoms with E-state index in [1.165, 1.54) is 4.88 Å². The van der Waals surface area contributed by atoms with E-state index in [1.807, 2.05) is 35.5 Å². The van der Waals surface area contributed by atoms with Crippen LogP contribution in [0.15, 0.2) is 51.1 Å². The molecular formula is C19H21N3O3S2. The van der Waals surface area contributed by atoms with E-state index < -0.39 is 10.0 Å². The van der Waals surface area contributed by atoms with E-state index in [1.54, 1.807) is 34.4 Å². The van der Waals surface area contributed by atoms with Crippen LogP contribution in [0.1, 0.15) is 23.3 Å². The van der Waals surface area contributed by atoms with Gasteiger partial charge in [-0.3, -0.25) is 4.79 Å². The largest absolute Gasteiger partial charge is 0.355 e. The van der Waals surface area contributed by atoms with E-state index in [0.717, 1.165) is 0 Å². The zero-order valence-electron chi connectivity index (χ0n) is 15.0. The molecule has 0 unspecified atom stereocenters. The molecule has 0 radical (unpaired) electrons. The van der Waals surface area contributed by atoms with Crippen LogP contribution in [0.25, 0.3) is 0 Å². The molecule has 6 nitrogen and oxygen atoms in total. The van der Waals surface area contributed by atoms with Gasteiger partial charge in [0.15, 0.2) is 5.84 Å². The van der Waals surface area contributed by atoms with E-state index in [2.05, 4.69) is 4.40 Å². The molecule has 0 spiro atoms. The van der Waals surface area contributed by atoms with Crippen molar-refractivity contribution < 1.29 is 13.2 Å². The number of carbonyl (C=O) groups is 1. The highest BCUT2D eigenvalue weighted by atomic mass is 32.2. The lowest BCUT2D eigenvalue weighted by atomic mass is 9.94. The van der Waals surface area contributed by atoms with E-state index >= 15 is 0 Å². The van der Waals surface area contributed by atoms with E-state index in [4.69, 9.17) is 0 Å². The lowest BCUT2D eigenvalue weighted by Crippen LogP contribution is -2.43. The van der Waals surface area contributed by atoms with Gasteiger partial charge in [0.05, 0.1) is 6.54 Å². The number of rotatable bonds is 3. The predicted octanol–water partition coefficient (Wildman–Crippen LogP) is 2.57. The molecule has 1 amide bonds. The summed E-state index contributed by atoms with van der Waals surface area (Å²) in [5, 5.41) is 2.01. The van der Waals surface area contributed by atoms with Gasteiger partial charge in [0.25, 0.3) is 10.0 Å². The van der Waals surface area contributed by atoms with Gasteiger partial charge in [-0.2, -0.15) is 8.42 Å². The Morgan fingerprint density at radius 1 is 1.22 bits per heavy atom. The molecule has 0 aliphatic carbocycles. The number of piperidine rings is 1. The van der Waals surface area contributed by atoms with Crippen LogP contribution in [0, 0.1) is 5.92 Å². The number of amidine groups is 1. The minimum atomic E-state index is -3.60. The van der Waals surface area contributed by atoms with Crippen molar-refractivity contribution in [3.8, 4) is 0 Å². The molecule has 3 heterocycles. The first-order valence-corrected chi connectivity index (χ1v) is 11.2. The third-order valence-electron chi connectivity index (χ3n) is 5.11. The van der Waals surface area contributed by atoms with Gasteiger partial charge >= 0.3 is 0 Å². The first kappa shape index (κ1) is 18.2. The summed E-state index contributed by atoms with van der Waals surface area (Å²) in [6, 6.07) is 11.0. The zero-order chi connectivity index (χ0) is 19.0. The standard InChI is InChI=1S/C19H21N3O3S2/c1-21(13-15-5-4-12-26-15)19(23)14-8-10-22(11-9-14)18-16-6-2-3-7-17(16)27(24,25)20-18/h2-7,12,14H,8-11,13H2,1H3. The lowest BCUT2D eigenvalue weighted by Gasteiger charge is -2.34. The molecule has 2 aliphatic rings. The number of fused-ring (bicyclic) bond motifs is 1. The number of hydrogen-bond acceptors (Lipinski definition) is 5. The van der Waals surface area contributed by atoms with E-state index in [0.29, 0.717) is 43.9 Å². The summed E-state index contributed by atoms with van der Waals surface area (Å²) in [6.07, 6.45) is 1.41. The Bertz CT molecular complexity index is 975. The number of nitrogens with zero attached hydrogens (tertiary/aromatic N) is 3. The van der Waals surface area contributed by atoms with Crippen LogP contribution in [-0.4, -0.2) is 50.1 Å². The van der Waals surface area contributed by atoms with Gasteiger partial charge in [0.1, 0.15) is 4.90 Å². The first-order chi connectivity index (χ1) is 13.0. The van der Waals surface area contributed by atoms with Gasteiger partial charge in [-0.05, 0) is 36.4 Å². The van der Waals surface area contributed by atoms with Crippen LogP contribution < -0.4 is 0 Å². The van der Waals surface area contributed by atoms with Gasteiger partial charge in [-0.1, -0.05) is 18.2 Å². The molecule has 1 fully saturated rings. The number of likely N-dealkylation sites (tertiary alicyclic amines) is 1. The maximum absolute atomic E-state index is 12.7. The maximum Gasteiger partial charge on any atom is 0.285 e. The summed E-state index contributed by atoms with van der Waals surface area (Å²) < 4.78 is 28.5. The van der Waals surface area contributed by atoms with Crippen molar-refractivity contribution in [1.82, 2.24) is 9.80 Å². The summed E-state index contributed by atoms with van der Waals surface area (Å²) in [5.74, 6) is 0.646. The average Bonchev–Trinajstić information content (AvgIpc) is 3.27. The average molecular weight is 404 g/mol. The van der Waals surface area contributed by atoms with Gasteiger partial charge in [0.2, 0.25) is 5.91 Å². The van der Waals surface area contributed by atoms with Crippen molar-refractivity contribution in [2.75, 3.05) is 20.1 Å². The number of thiophene rings is 1. The SMILES string of the molecule is CN(Cc1cccs1)C(=O)C1CCN(C2=NS(=O)(=O)c3ccccc32)CC1. The smallest absolute Gasteiger partial charge is 0.285 e. The van der Waals surface area contributed by atoms with Crippen LogP contribution in [0.3, 0.4) is 0 Å². The molecule has 27 heavy (non-hydrogen) atoms. The second-order valence-electron chi connectivity index (χ2n) is 6.92. The molecular weight excluding hydrogens is 382 g/mol. The highest BCUT2D eigenvalue weighted by molar-refractivity contribution is 7.90. The highest BCUT2D eigenvalue weighted by Crippen LogP contribution is 2.30. The minimum Gasteiger partial charge on any atom is -0.355 e. The fraction of sp³-hybridized carbons (Fsp3) is 0.368. The Balaban J connectivity index is 1.42. The van der Waals surface area contributed by atoms with Crippen molar-refractivity contribution in [3.63, 3.8) is 0 Å². The molecule has 4 rings (SSSR count). The highest BCUT2D eigenvalue weighted by Gasteiger charge is 2.34. The molecule has 1 aromatic heterocycles. The monoisotopic (exact) mass is 403 g/mol. The van der Waals surface area contributed by atoms with Crippen LogP contribution in [-0.2, 0) is 21.4 Å². The molecule has 2 aliphatic heterocycles. The van der Waals surface area contributed by atoms with Crippen LogP contribution in [0.4, 0.5) is 0 Å². The quantitative estimate of drug-likeness (QED) is 0.790. The Morgan fingerprint density at radius 3 is 2.67 bits per heavy atom. The van der Waals surface area contributed by atoms with E-state index in [-0.39, 0.29) is 16.7 Å². The Morgan fingerprint density at radius 2 is 1.96 bits per heavy atom. The van der Waals surface area contributed by atoms with Crippen molar-refractivity contribution in [2.24, 2.45) is 10.3 Å². The summed E-state index contributed by atoms with van der Waals surface area (Å²) in [4.78, 5) is 18.0. The normalized spacial score (nSPS) is 18.9. The predicted molar refractivity (Wildman–Crippen MR) is 105 cm³/mol. The Hall–Kier alpha value is -2.19. The third kappa shape index (κ3) is 3.51. The zero-order valence-corrected chi connectivity index (χ0v) is 16.7. The van der Waals surface area contributed by atoms with Gasteiger partial charge in [-0.15, -0.1) is 15.7 Å². The van der Waals surface area contributed by atoms with Gasteiger partial charge in [-0.25, -0.2) is 0 Å². The van der Waals surface area contributed by atoms with Crippen molar-refractivity contribution in [2.45, 2.75) is 24.3 Å². The van der Waals surface area contributed by atoms with Crippen LogP contribution >= 0.6 is 11.3 Å². The van der Waals surface area contributed by atoms with Crippen molar-refractivity contribution >= 4 is 33.1 Å². The van der Waals surface area contributed by atoms with Crippen LogP contribution in [0.2, 0.25) is 0 Å². The Kier molecular flexibility index (Phi) is 4.77. The number of carbonyl (C=O) groups excluding carboxylic acids is 1. The number of benzene rings is 1. The molecule has 142 valence electrons. The summed E-state index contributed by atoms with van der Waals surface area (Å²) in [6.45, 7) is 1.90. The first-order valence-electron chi connectivity index (χ1n) is 8.92. The topological polar surface area (TPSA) is 70.1 Å². The molecule has 1 saturated heterocycles. The van der Waals surface area contributed by atoms with Crippen molar-refractivity contribution in [1.29, 1.82) is 0 Å². The Labute approximate surface area is 163 Å². The van der Waals surface area contributed by atoms with Crippen LogP contribution in [0.5, 0.6) is 0 Å². The second-order valence-corrected chi connectivity index (χ2v) is 9.53. The third-order valence-corrected chi connectivity index (χ3v) is 7.29. The summed E-state index contributed by atoms with van der Waals surface area (Å²) in [5.41, 5.74) is 0.664. The number of hydrogen-bond donors (Lipinski definition) is 0. The lowest BCUT2D eigenvalue weighted by molar-refractivity contribution is -0.135. The minimum absolute atomic E-state index is 0.0277. The van der Waals surface area contributed by atoms with Gasteiger partial charge in [0, 0.05) is 36.5 Å². The fourth-order valence-electron chi connectivity index (χ4n) is 3.68.